The molecule has 4 aromatic rings. The molecule has 1 N–H and O–H groups in total. The van der Waals surface area contributed by atoms with Crippen LogP contribution in [0, 0.1) is 0 Å². The first kappa shape index (κ1) is 22.9. The van der Waals surface area contributed by atoms with Crippen LogP contribution in [-0.2, 0) is 13.0 Å². The summed E-state index contributed by atoms with van der Waals surface area (Å²) in [5, 5.41) is 3.10. The molecule has 0 spiro atoms. The third kappa shape index (κ3) is 5.29. The van der Waals surface area contributed by atoms with Crippen molar-refractivity contribution in [2.75, 3.05) is 13.7 Å². The summed E-state index contributed by atoms with van der Waals surface area (Å²) in [7, 11) is 1.70. The summed E-state index contributed by atoms with van der Waals surface area (Å²) in [5.74, 6) is 2.38. The highest BCUT2D eigenvalue weighted by atomic mass is 16.5. The molecule has 0 bridgehead atoms. The SMILES string of the molecule is COc1cccc([C@H]2CCc3nc(C(=O)NCCC(c4ccccc4)c4ccccc4)cn3C2)c1. The van der Waals surface area contributed by atoms with Crippen molar-refractivity contribution in [3.05, 3.63) is 119 Å². The number of rotatable bonds is 8. The highest BCUT2D eigenvalue weighted by molar-refractivity contribution is 5.92. The second-order valence-corrected chi connectivity index (χ2v) is 9.13. The summed E-state index contributed by atoms with van der Waals surface area (Å²) in [4.78, 5) is 17.6. The van der Waals surface area contributed by atoms with Crippen molar-refractivity contribution in [1.29, 1.82) is 0 Å². The lowest BCUT2D eigenvalue weighted by Crippen LogP contribution is -2.26. The number of hydrogen-bond donors (Lipinski definition) is 1. The lowest BCUT2D eigenvalue weighted by Gasteiger charge is -2.24. The third-order valence-corrected chi connectivity index (χ3v) is 6.91. The van der Waals surface area contributed by atoms with Crippen molar-refractivity contribution in [2.45, 2.75) is 37.6 Å². The van der Waals surface area contributed by atoms with Crippen molar-refractivity contribution < 1.29 is 9.53 Å². The number of carbonyl (C=O) groups excluding carboxylic acids is 1. The summed E-state index contributed by atoms with van der Waals surface area (Å²) in [6, 6.07) is 29.2. The first-order chi connectivity index (χ1) is 17.2. The summed E-state index contributed by atoms with van der Waals surface area (Å²) in [5.41, 5.74) is 4.29. The molecule has 0 saturated heterocycles. The Balaban J connectivity index is 1.23. The molecule has 1 amide bonds. The number of benzene rings is 3. The molecule has 1 atom stereocenters. The zero-order valence-electron chi connectivity index (χ0n) is 20.1. The molecule has 5 heteroatoms. The molecule has 35 heavy (non-hydrogen) atoms. The van der Waals surface area contributed by atoms with Gasteiger partial charge in [0.15, 0.2) is 0 Å². The van der Waals surface area contributed by atoms with Gasteiger partial charge in [0.25, 0.3) is 5.91 Å². The molecule has 0 radical (unpaired) electrons. The first-order valence-corrected chi connectivity index (χ1v) is 12.3. The molecular formula is C30H31N3O2. The Kier molecular flexibility index (Phi) is 6.94. The van der Waals surface area contributed by atoms with Crippen LogP contribution in [0.25, 0.3) is 0 Å². The van der Waals surface area contributed by atoms with Gasteiger partial charge in [0.2, 0.25) is 0 Å². The first-order valence-electron chi connectivity index (χ1n) is 12.3. The Morgan fingerprint density at radius 3 is 2.43 bits per heavy atom. The highest BCUT2D eigenvalue weighted by Crippen LogP contribution is 2.31. The topological polar surface area (TPSA) is 56.1 Å². The van der Waals surface area contributed by atoms with Crippen molar-refractivity contribution in [3.63, 3.8) is 0 Å². The highest BCUT2D eigenvalue weighted by Gasteiger charge is 2.24. The van der Waals surface area contributed by atoms with E-state index in [1.54, 1.807) is 7.11 Å². The van der Waals surface area contributed by atoms with Crippen LogP contribution in [0.5, 0.6) is 5.75 Å². The van der Waals surface area contributed by atoms with E-state index in [1.807, 2.05) is 30.5 Å². The van der Waals surface area contributed by atoms with Gasteiger partial charge < -0.3 is 14.6 Å². The Hall–Kier alpha value is -3.86. The molecule has 0 aliphatic carbocycles. The molecule has 1 aliphatic heterocycles. The average molecular weight is 466 g/mol. The Labute approximate surface area is 206 Å². The predicted molar refractivity (Wildman–Crippen MR) is 138 cm³/mol. The fourth-order valence-corrected chi connectivity index (χ4v) is 5.04. The van der Waals surface area contributed by atoms with Crippen LogP contribution in [0.15, 0.2) is 91.1 Å². The Morgan fingerprint density at radius 1 is 1.03 bits per heavy atom. The number of fused-ring (bicyclic) bond motifs is 1. The second kappa shape index (κ2) is 10.6. The van der Waals surface area contributed by atoms with E-state index in [1.165, 1.54) is 16.7 Å². The quantitative estimate of drug-likeness (QED) is 0.370. The van der Waals surface area contributed by atoms with E-state index in [0.717, 1.165) is 37.4 Å². The van der Waals surface area contributed by atoms with Gasteiger partial charge in [-0.1, -0.05) is 72.8 Å². The fourth-order valence-electron chi connectivity index (χ4n) is 5.04. The van der Waals surface area contributed by atoms with E-state index >= 15 is 0 Å². The molecular weight excluding hydrogens is 434 g/mol. The van der Waals surface area contributed by atoms with Crippen LogP contribution in [0.1, 0.15) is 57.7 Å². The second-order valence-electron chi connectivity index (χ2n) is 9.13. The maximum Gasteiger partial charge on any atom is 0.271 e. The number of nitrogens with one attached hydrogen (secondary N) is 1. The Morgan fingerprint density at radius 2 is 1.74 bits per heavy atom. The van der Waals surface area contributed by atoms with Crippen LogP contribution in [-0.4, -0.2) is 29.1 Å². The maximum absolute atomic E-state index is 12.9. The van der Waals surface area contributed by atoms with Gasteiger partial charge in [-0.3, -0.25) is 4.79 Å². The maximum atomic E-state index is 12.9. The van der Waals surface area contributed by atoms with E-state index in [2.05, 4.69) is 75.5 Å². The molecule has 3 aromatic carbocycles. The van der Waals surface area contributed by atoms with Crippen molar-refractivity contribution in [2.24, 2.45) is 0 Å². The van der Waals surface area contributed by atoms with E-state index in [-0.39, 0.29) is 11.8 Å². The number of aryl methyl sites for hydroxylation is 1. The number of amides is 1. The van der Waals surface area contributed by atoms with Gasteiger partial charge in [-0.2, -0.15) is 0 Å². The van der Waals surface area contributed by atoms with Crippen LogP contribution in [0.2, 0.25) is 0 Å². The number of ether oxygens (including phenoxy) is 1. The normalized spacial score (nSPS) is 15.0. The zero-order chi connectivity index (χ0) is 24.0. The minimum atomic E-state index is -0.107. The van der Waals surface area contributed by atoms with E-state index < -0.39 is 0 Å². The molecule has 2 heterocycles. The van der Waals surface area contributed by atoms with E-state index in [0.29, 0.717) is 18.2 Å². The molecule has 178 valence electrons. The summed E-state index contributed by atoms with van der Waals surface area (Å²) < 4.78 is 7.53. The lowest BCUT2D eigenvalue weighted by atomic mass is 9.88. The predicted octanol–water partition coefficient (Wildman–Crippen LogP) is 5.57. The molecule has 1 aromatic heterocycles. The number of nitrogens with zero attached hydrogens (tertiary/aromatic N) is 2. The standard InChI is InChI=1S/C30H31N3O2/c1-35-26-14-8-13-24(19-26)25-15-16-29-32-28(21-33(29)20-25)30(34)31-18-17-27(22-9-4-2-5-10-22)23-11-6-3-7-12-23/h2-14,19,21,25,27H,15-18,20H2,1H3,(H,31,34)/t25-/m0/s1. The molecule has 0 saturated carbocycles. The van der Waals surface area contributed by atoms with Crippen LogP contribution < -0.4 is 10.1 Å². The lowest BCUT2D eigenvalue weighted by molar-refractivity contribution is 0.0948. The average Bonchev–Trinajstić information content (AvgIpc) is 3.36. The number of aromatic nitrogens is 2. The van der Waals surface area contributed by atoms with Crippen LogP contribution in [0.3, 0.4) is 0 Å². The summed E-state index contributed by atoms with van der Waals surface area (Å²) in [6.45, 7) is 1.41. The zero-order valence-corrected chi connectivity index (χ0v) is 20.1. The number of carbonyl (C=O) groups is 1. The van der Waals surface area contributed by atoms with Crippen LogP contribution >= 0.6 is 0 Å². The minimum absolute atomic E-state index is 0.107. The number of methoxy groups -OCH3 is 1. The van der Waals surface area contributed by atoms with E-state index in [4.69, 9.17) is 4.74 Å². The largest absolute Gasteiger partial charge is 0.497 e. The fraction of sp³-hybridized carbons (Fsp3) is 0.267. The molecule has 1 aliphatic rings. The van der Waals surface area contributed by atoms with Crippen LogP contribution in [0.4, 0.5) is 0 Å². The monoisotopic (exact) mass is 465 g/mol. The molecule has 5 rings (SSSR count). The third-order valence-electron chi connectivity index (χ3n) is 6.91. The molecule has 0 fully saturated rings. The van der Waals surface area contributed by atoms with Gasteiger partial charge >= 0.3 is 0 Å². The Bertz CT molecular complexity index is 1230. The van der Waals surface area contributed by atoms with Crippen molar-refractivity contribution in [3.8, 4) is 5.75 Å². The number of imidazole rings is 1. The van der Waals surface area contributed by atoms with E-state index in [9.17, 15) is 4.79 Å². The van der Waals surface area contributed by atoms with Gasteiger partial charge in [0, 0.05) is 37.5 Å². The van der Waals surface area contributed by atoms with Gasteiger partial charge in [0.05, 0.1) is 7.11 Å². The van der Waals surface area contributed by atoms with Gasteiger partial charge in [-0.15, -0.1) is 0 Å². The van der Waals surface area contributed by atoms with Gasteiger partial charge in [-0.05, 0) is 41.7 Å². The van der Waals surface area contributed by atoms with Crippen molar-refractivity contribution >= 4 is 5.91 Å². The number of hydrogen-bond acceptors (Lipinski definition) is 3. The van der Waals surface area contributed by atoms with Crippen molar-refractivity contribution in [1.82, 2.24) is 14.9 Å². The van der Waals surface area contributed by atoms with Gasteiger partial charge in [0.1, 0.15) is 17.3 Å². The molecule has 5 nitrogen and oxygen atoms in total. The molecule has 0 unspecified atom stereocenters. The van der Waals surface area contributed by atoms with Gasteiger partial charge in [-0.25, -0.2) is 4.98 Å². The minimum Gasteiger partial charge on any atom is -0.497 e. The summed E-state index contributed by atoms with van der Waals surface area (Å²) >= 11 is 0. The smallest absolute Gasteiger partial charge is 0.271 e. The summed E-state index contributed by atoms with van der Waals surface area (Å²) in [6.07, 6.45) is 4.61.